The molecule has 0 saturated heterocycles. The van der Waals surface area contributed by atoms with E-state index in [0.29, 0.717) is 59.6 Å². The van der Waals surface area contributed by atoms with Crippen LogP contribution in [0.1, 0.15) is 56.8 Å². The second-order valence-electron chi connectivity index (χ2n) is 18.3. The Morgan fingerprint density at radius 1 is 0.362 bits per heavy atom. The highest BCUT2D eigenvalue weighted by atomic mass is 127. The molecule has 0 aromatic heterocycles. The van der Waals surface area contributed by atoms with Crippen LogP contribution in [-0.2, 0) is 31.3 Å². The van der Waals surface area contributed by atoms with Gasteiger partial charge in [0.1, 0.15) is 23.4 Å². The molecule has 10 rings (SSSR count). The van der Waals surface area contributed by atoms with Gasteiger partial charge in [-0.05, 0) is 306 Å². The van der Waals surface area contributed by atoms with Gasteiger partial charge in [-0.2, -0.15) is 0 Å². The maximum atomic E-state index is 13.5. The van der Waals surface area contributed by atoms with Crippen molar-refractivity contribution in [1.82, 2.24) is 0 Å². The number of rotatable bonds is 15. The van der Waals surface area contributed by atoms with Crippen molar-refractivity contribution in [3.05, 3.63) is 244 Å². The van der Waals surface area contributed by atoms with E-state index in [4.69, 9.17) is 18.9 Å². The molecule has 9 aromatic carbocycles. The average Bonchev–Trinajstić information content (AvgIpc) is 3.49. The Bertz CT molecular complexity index is 3730. The minimum absolute atomic E-state index is 0.245. The Kier molecular flexibility index (Phi) is 20.4. The van der Waals surface area contributed by atoms with Crippen LogP contribution in [-0.4, -0.2) is 30.0 Å². The van der Waals surface area contributed by atoms with Gasteiger partial charge in [0.25, 0.3) is 0 Å². The quantitative estimate of drug-likeness (QED) is 0.0329. The zero-order chi connectivity index (χ0) is 55.9. The Labute approximate surface area is 551 Å². The molecule has 1 saturated carbocycles. The van der Waals surface area contributed by atoms with Gasteiger partial charge in [-0.3, -0.25) is 4.79 Å². The summed E-state index contributed by atoms with van der Waals surface area (Å²) in [6, 6.07) is 68.0. The standard InChI is InChI=1S/C64H44I6O8S2/c65-53-33-35-55(67)59(69)57(53)63(73)77-43-21-17-39(18-22-43)61(71)75-45-25-29-49(30-26-45)79(47-11-3-1-4-12-47)51-15-7-9-41(37-51)42-10-8-16-52(38-42)80(48-13-5-2-6-14-48)50-31-27-46(28-32-50)76-62(72)40-19-23-44(24-20-40)78-64(74)58-54(66)34-36-56(68)60(58)70/h1-18,21-22,25-38,40,44H,19-20,23-24H2/q+2. The van der Waals surface area contributed by atoms with Crippen molar-refractivity contribution in [3.8, 4) is 28.4 Å². The van der Waals surface area contributed by atoms with E-state index in [9.17, 15) is 19.2 Å². The highest BCUT2D eigenvalue weighted by molar-refractivity contribution is 14.1. The Balaban J connectivity index is 0.819. The van der Waals surface area contributed by atoms with Crippen LogP contribution >= 0.6 is 136 Å². The number of esters is 4. The molecule has 16 heteroatoms. The van der Waals surface area contributed by atoms with E-state index in [0.717, 1.165) is 61.9 Å². The fourth-order valence-corrected chi connectivity index (χ4v) is 17.9. The van der Waals surface area contributed by atoms with Crippen LogP contribution in [0.5, 0.6) is 17.2 Å². The van der Waals surface area contributed by atoms with Crippen molar-refractivity contribution in [2.75, 3.05) is 0 Å². The van der Waals surface area contributed by atoms with E-state index in [1.807, 2.05) is 72.8 Å². The lowest BCUT2D eigenvalue weighted by Gasteiger charge is -2.27. The summed E-state index contributed by atoms with van der Waals surface area (Å²) in [5, 5.41) is 0. The zero-order valence-corrected chi connectivity index (χ0v) is 56.5. The lowest BCUT2D eigenvalue weighted by atomic mass is 9.87. The van der Waals surface area contributed by atoms with E-state index >= 15 is 0 Å². The predicted molar refractivity (Wildman–Crippen MR) is 364 cm³/mol. The van der Waals surface area contributed by atoms with Crippen molar-refractivity contribution in [2.45, 2.75) is 61.2 Å². The molecular weight excluding hydrogens is 1720 g/mol. The van der Waals surface area contributed by atoms with Gasteiger partial charge in [0, 0.05) is 33.6 Å². The van der Waals surface area contributed by atoms with Gasteiger partial charge >= 0.3 is 23.9 Å². The zero-order valence-electron chi connectivity index (χ0n) is 42.0. The molecule has 0 heterocycles. The summed E-state index contributed by atoms with van der Waals surface area (Å²) in [7, 11) is -1.01. The Morgan fingerprint density at radius 3 is 1.23 bits per heavy atom. The van der Waals surface area contributed by atoms with Gasteiger partial charge < -0.3 is 18.9 Å². The number of hydrogen-bond acceptors (Lipinski definition) is 8. The molecule has 0 radical (unpaired) electrons. The summed E-state index contributed by atoms with van der Waals surface area (Å²) in [5.74, 6) is -0.624. The van der Waals surface area contributed by atoms with E-state index in [1.54, 1.807) is 24.3 Å². The van der Waals surface area contributed by atoms with Gasteiger partial charge in [-0.15, -0.1) is 0 Å². The molecule has 0 N–H and O–H groups in total. The van der Waals surface area contributed by atoms with Crippen molar-refractivity contribution in [2.24, 2.45) is 5.92 Å². The summed E-state index contributed by atoms with van der Waals surface area (Å²) in [6.07, 6.45) is 2.13. The van der Waals surface area contributed by atoms with E-state index in [2.05, 4.69) is 245 Å². The third-order valence-corrected chi connectivity index (χ3v) is 25.4. The third-order valence-electron chi connectivity index (χ3n) is 13.1. The molecule has 2 atom stereocenters. The van der Waals surface area contributed by atoms with Crippen molar-refractivity contribution < 1.29 is 38.1 Å². The van der Waals surface area contributed by atoms with Gasteiger partial charge in [-0.1, -0.05) is 60.7 Å². The van der Waals surface area contributed by atoms with E-state index in [1.165, 1.54) is 0 Å². The molecule has 9 aromatic rings. The summed E-state index contributed by atoms with van der Waals surface area (Å²) in [6.45, 7) is 0. The minimum atomic E-state index is -0.529. The van der Waals surface area contributed by atoms with Gasteiger partial charge in [0.05, 0.1) is 44.4 Å². The maximum Gasteiger partial charge on any atom is 0.345 e. The first kappa shape index (κ1) is 59.1. The van der Waals surface area contributed by atoms with Crippen LogP contribution in [0.15, 0.2) is 236 Å². The molecule has 2 unspecified atom stereocenters. The van der Waals surface area contributed by atoms with Crippen LogP contribution in [0, 0.1) is 27.3 Å². The highest BCUT2D eigenvalue weighted by Crippen LogP contribution is 2.39. The normalized spacial score (nSPS) is 14.8. The van der Waals surface area contributed by atoms with Crippen LogP contribution in [0.4, 0.5) is 0 Å². The number of ether oxygens (including phenoxy) is 4. The number of benzene rings is 9. The van der Waals surface area contributed by atoms with Gasteiger partial charge in [-0.25, -0.2) is 14.4 Å². The molecule has 400 valence electrons. The number of carbonyl (C=O) groups is 4. The van der Waals surface area contributed by atoms with E-state index < -0.39 is 33.7 Å². The topological polar surface area (TPSA) is 105 Å². The Hall–Kier alpha value is -4.06. The van der Waals surface area contributed by atoms with Crippen molar-refractivity contribution >= 4 is 181 Å². The first-order valence-corrected chi connectivity index (χ1v) is 33.9. The lowest BCUT2D eigenvalue weighted by molar-refractivity contribution is -0.140. The molecule has 80 heavy (non-hydrogen) atoms. The fraction of sp³-hybridized carbons (Fsp3) is 0.0938. The molecule has 8 nitrogen and oxygen atoms in total. The summed E-state index contributed by atoms with van der Waals surface area (Å²) in [4.78, 5) is 59.9. The molecule has 0 aliphatic heterocycles. The third kappa shape index (κ3) is 14.3. The number of hydrogen-bond donors (Lipinski definition) is 0. The van der Waals surface area contributed by atoms with Gasteiger partial charge in [0.2, 0.25) is 0 Å². The van der Waals surface area contributed by atoms with Gasteiger partial charge in [0.15, 0.2) is 29.4 Å². The number of halogens is 6. The maximum absolute atomic E-state index is 13.5. The first-order valence-electron chi connectivity index (χ1n) is 25.0. The molecule has 0 bridgehead atoms. The molecule has 1 fully saturated rings. The summed E-state index contributed by atoms with van der Waals surface area (Å²) in [5.41, 5.74) is 3.58. The lowest BCUT2D eigenvalue weighted by Crippen LogP contribution is -2.30. The fourth-order valence-electron chi connectivity index (χ4n) is 9.06. The minimum Gasteiger partial charge on any atom is -0.459 e. The molecule has 0 amide bonds. The van der Waals surface area contributed by atoms with Crippen molar-refractivity contribution in [3.63, 3.8) is 0 Å². The largest absolute Gasteiger partial charge is 0.459 e. The second kappa shape index (κ2) is 27.6. The summed E-state index contributed by atoms with van der Waals surface area (Å²) >= 11 is 13.1. The molecular formula is C64H44I6O8S2+2. The molecule has 1 aliphatic carbocycles. The summed E-state index contributed by atoms with van der Waals surface area (Å²) < 4.78 is 28.8. The smallest absolute Gasteiger partial charge is 0.345 e. The van der Waals surface area contributed by atoms with E-state index in [-0.39, 0.29) is 24.0 Å². The SMILES string of the molecule is O=C(Oc1ccc([S+](c2ccccc2)c2cccc(-c3cccc([S+](c4ccccc4)c4ccc(OC(=O)C5CCC(OC(=O)c6c(I)ccc(I)c6I)CC5)cc4)c3)c2)cc1)c1ccc(OC(=O)c2c(I)ccc(I)c2I)cc1. The van der Waals surface area contributed by atoms with Crippen molar-refractivity contribution in [1.29, 1.82) is 0 Å². The van der Waals surface area contributed by atoms with Crippen LogP contribution in [0.2, 0.25) is 0 Å². The predicted octanol–water partition coefficient (Wildman–Crippen LogP) is 17.9. The molecule has 1 aliphatic rings. The monoisotopic (exact) mass is 1770 g/mol. The molecule has 0 spiro atoms. The second-order valence-corrected chi connectivity index (χ2v) is 29.1. The number of carbonyl (C=O) groups excluding carboxylic acids is 4. The Morgan fingerprint density at radius 2 is 0.750 bits per heavy atom. The van der Waals surface area contributed by atoms with Crippen LogP contribution in [0.3, 0.4) is 0 Å². The average molecular weight is 1770 g/mol. The highest BCUT2D eigenvalue weighted by Gasteiger charge is 2.34. The van der Waals surface area contributed by atoms with Crippen LogP contribution in [0.25, 0.3) is 11.1 Å². The first-order chi connectivity index (χ1) is 38.8. The van der Waals surface area contributed by atoms with Crippen LogP contribution < -0.4 is 14.2 Å².